The summed E-state index contributed by atoms with van der Waals surface area (Å²) >= 11 is 5.74. The lowest BCUT2D eigenvalue weighted by molar-refractivity contribution is -0.136. The highest BCUT2D eigenvalue weighted by Crippen LogP contribution is 2.38. The van der Waals surface area contributed by atoms with E-state index in [0.717, 1.165) is 11.0 Å². The molecule has 10 heteroatoms. The van der Waals surface area contributed by atoms with E-state index in [9.17, 15) is 18.8 Å². The van der Waals surface area contributed by atoms with Crippen LogP contribution in [0.1, 0.15) is 18.5 Å². The van der Waals surface area contributed by atoms with Crippen molar-refractivity contribution in [2.24, 2.45) is 0 Å². The molecule has 2 N–H and O–H groups in total. The molecular weight excluding hydrogens is 441 g/mol. The van der Waals surface area contributed by atoms with Crippen molar-refractivity contribution in [2.75, 3.05) is 25.1 Å². The van der Waals surface area contributed by atoms with E-state index in [-0.39, 0.29) is 29.4 Å². The summed E-state index contributed by atoms with van der Waals surface area (Å²) in [6.07, 6.45) is 0. The van der Waals surface area contributed by atoms with Crippen LogP contribution in [0.15, 0.2) is 53.7 Å². The van der Waals surface area contributed by atoms with Gasteiger partial charge < -0.3 is 20.1 Å². The molecule has 2 aliphatic rings. The van der Waals surface area contributed by atoms with Gasteiger partial charge in [0.15, 0.2) is 0 Å². The summed E-state index contributed by atoms with van der Waals surface area (Å²) in [5, 5.41) is 5.18. The van der Waals surface area contributed by atoms with Gasteiger partial charge in [-0.25, -0.2) is 14.0 Å². The van der Waals surface area contributed by atoms with Crippen molar-refractivity contribution in [3.63, 3.8) is 0 Å². The maximum Gasteiger partial charge on any atom is 0.338 e. The number of hydrogen-bond acceptors (Lipinski definition) is 5. The Kier molecular flexibility index (Phi) is 6.00. The maximum absolute atomic E-state index is 13.3. The fraction of sp³-hybridized carbons (Fsp3) is 0.227. The molecular formula is C22H19ClFN3O5. The number of nitrogens with one attached hydrogen (secondary N) is 2. The Labute approximate surface area is 187 Å². The second-order valence-corrected chi connectivity index (χ2v) is 7.46. The summed E-state index contributed by atoms with van der Waals surface area (Å²) in [6.45, 7) is 1.73. The van der Waals surface area contributed by atoms with E-state index >= 15 is 0 Å². The number of cyclic esters (lactones) is 1. The van der Waals surface area contributed by atoms with Gasteiger partial charge in [-0.1, -0.05) is 29.8 Å². The molecule has 0 bridgehead atoms. The number of benzene rings is 2. The molecule has 2 aromatic carbocycles. The van der Waals surface area contributed by atoms with Crippen LogP contribution in [0.4, 0.5) is 14.9 Å². The van der Waals surface area contributed by atoms with Crippen LogP contribution in [0.2, 0.25) is 5.02 Å². The molecule has 0 aliphatic carbocycles. The number of carbonyl (C=O) groups excluding carboxylic acids is 3. The van der Waals surface area contributed by atoms with Crippen LogP contribution in [-0.4, -0.2) is 42.6 Å². The van der Waals surface area contributed by atoms with Crippen LogP contribution in [0.5, 0.6) is 5.75 Å². The predicted octanol–water partition coefficient (Wildman–Crippen LogP) is 3.39. The van der Waals surface area contributed by atoms with Gasteiger partial charge in [-0.05, 0) is 31.2 Å². The Bertz CT molecular complexity index is 1140. The van der Waals surface area contributed by atoms with Crippen molar-refractivity contribution in [1.29, 1.82) is 0 Å². The lowest BCUT2D eigenvalue weighted by Crippen LogP contribution is -2.49. The number of anilines is 1. The Morgan fingerprint density at radius 3 is 2.84 bits per heavy atom. The first kappa shape index (κ1) is 21.6. The number of rotatable bonds is 6. The van der Waals surface area contributed by atoms with E-state index in [0.29, 0.717) is 23.6 Å². The average molecular weight is 460 g/mol. The largest absolute Gasteiger partial charge is 0.494 e. The summed E-state index contributed by atoms with van der Waals surface area (Å²) < 4.78 is 24.2. The Hall–Kier alpha value is -3.59. The maximum atomic E-state index is 13.3. The van der Waals surface area contributed by atoms with Crippen molar-refractivity contribution in [3.05, 3.63) is 70.1 Å². The number of carbonyl (C=O) groups is 3. The highest BCUT2D eigenvalue weighted by atomic mass is 35.5. The average Bonchev–Trinajstić information content (AvgIpc) is 3.15. The van der Waals surface area contributed by atoms with E-state index in [2.05, 4.69) is 10.6 Å². The van der Waals surface area contributed by atoms with E-state index in [4.69, 9.17) is 21.1 Å². The van der Waals surface area contributed by atoms with Gasteiger partial charge in [-0.15, -0.1) is 0 Å². The van der Waals surface area contributed by atoms with E-state index < -0.39 is 29.8 Å². The van der Waals surface area contributed by atoms with Crippen LogP contribution < -0.4 is 15.4 Å². The SMILES string of the molecule is CCOc1ccccc1[C@@H]1NC(=O)N(CC(=O)Nc2ccc(F)c(Cl)c2)C2=C1C(=O)OC2. The molecule has 2 aliphatic heterocycles. The van der Waals surface area contributed by atoms with Gasteiger partial charge in [0.1, 0.15) is 24.7 Å². The molecule has 8 nitrogen and oxygen atoms in total. The van der Waals surface area contributed by atoms with Crippen LogP contribution >= 0.6 is 11.6 Å². The molecule has 0 radical (unpaired) electrons. The second kappa shape index (κ2) is 8.88. The summed E-state index contributed by atoms with van der Waals surface area (Å²) in [5.41, 5.74) is 1.44. The van der Waals surface area contributed by atoms with Crippen LogP contribution in [0.25, 0.3) is 0 Å². The first-order valence-electron chi connectivity index (χ1n) is 9.83. The zero-order chi connectivity index (χ0) is 22.8. The third-order valence-corrected chi connectivity index (χ3v) is 5.32. The van der Waals surface area contributed by atoms with Gasteiger partial charge in [-0.2, -0.15) is 0 Å². The molecule has 0 fully saturated rings. The van der Waals surface area contributed by atoms with Crippen LogP contribution in [-0.2, 0) is 14.3 Å². The van der Waals surface area contributed by atoms with E-state index in [1.54, 1.807) is 24.3 Å². The number of para-hydroxylation sites is 1. The number of nitrogens with zero attached hydrogens (tertiary/aromatic N) is 1. The number of ether oxygens (including phenoxy) is 2. The normalized spacial score (nSPS) is 17.6. The third-order valence-electron chi connectivity index (χ3n) is 5.03. The minimum absolute atomic E-state index is 0.134. The van der Waals surface area contributed by atoms with Crippen molar-refractivity contribution in [1.82, 2.24) is 10.2 Å². The minimum atomic E-state index is -0.773. The summed E-state index contributed by atoms with van der Waals surface area (Å²) in [6, 6.07) is 9.47. The standard InChI is InChI=1S/C22H19ClFN3O5/c1-2-31-17-6-4-3-5-13(17)20-19-16(11-32-21(19)29)27(22(30)26-20)10-18(28)25-12-7-8-15(24)14(23)9-12/h3-9,20H,2,10-11H2,1H3,(H,25,28)(H,26,30)/t20-/m0/s1. The van der Waals surface area contributed by atoms with Crippen LogP contribution in [0, 0.1) is 5.82 Å². The first-order valence-corrected chi connectivity index (χ1v) is 10.2. The smallest absolute Gasteiger partial charge is 0.338 e. The number of esters is 1. The fourth-order valence-corrected chi connectivity index (χ4v) is 3.82. The van der Waals surface area contributed by atoms with Gasteiger partial charge in [0, 0.05) is 11.3 Å². The summed E-state index contributed by atoms with van der Waals surface area (Å²) in [4.78, 5) is 39.1. The molecule has 0 saturated heterocycles. The highest BCUT2D eigenvalue weighted by molar-refractivity contribution is 6.31. The minimum Gasteiger partial charge on any atom is -0.494 e. The number of halogens is 2. The number of urea groups is 1. The van der Waals surface area contributed by atoms with Crippen molar-refractivity contribution >= 4 is 35.2 Å². The molecule has 0 aromatic heterocycles. The second-order valence-electron chi connectivity index (χ2n) is 7.05. The van der Waals surface area contributed by atoms with Crippen LogP contribution in [0.3, 0.4) is 0 Å². The fourth-order valence-electron chi connectivity index (χ4n) is 3.64. The van der Waals surface area contributed by atoms with Gasteiger partial charge in [0.2, 0.25) is 5.91 Å². The quantitative estimate of drug-likeness (QED) is 0.645. The molecule has 1 atom stereocenters. The lowest BCUT2D eigenvalue weighted by Gasteiger charge is -2.33. The number of hydrogen-bond donors (Lipinski definition) is 2. The van der Waals surface area contributed by atoms with Crippen molar-refractivity contribution in [3.8, 4) is 5.75 Å². The zero-order valence-corrected chi connectivity index (χ0v) is 17.7. The van der Waals surface area contributed by atoms with Gasteiger partial charge in [-0.3, -0.25) is 9.69 Å². The van der Waals surface area contributed by atoms with Crippen molar-refractivity contribution < 1.29 is 28.2 Å². The van der Waals surface area contributed by atoms with E-state index in [1.165, 1.54) is 12.1 Å². The first-order chi connectivity index (χ1) is 15.4. The molecule has 0 saturated carbocycles. The molecule has 3 amide bonds. The molecule has 0 spiro atoms. The molecule has 166 valence electrons. The van der Waals surface area contributed by atoms with Crippen molar-refractivity contribution in [2.45, 2.75) is 13.0 Å². The van der Waals surface area contributed by atoms with Gasteiger partial charge in [0.25, 0.3) is 0 Å². The van der Waals surface area contributed by atoms with Gasteiger partial charge in [0.05, 0.1) is 28.9 Å². The zero-order valence-electron chi connectivity index (χ0n) is 17.0. The lowest BCUT2D eigenvalue weighted by atomic mass is 9.95. The summed E-state index contributed by atoms with van der Waals surface area (Å²) in [7, 11) is 0. The molecule has 2 aromatic rings. The monoisotopic (exact) mass is 459 g/mol. The molecule has 4 rings (SSSR count). The highest BCUT2D eigenvalue weighted by Gasteiger charge is 2.43. The Morgan fingerprint density at radius 2 is 2.09 bits per heavy atom. The Morgan fingerprint density at radius 1 is 1.31 bits per heavy atom. The third kappa shape index (κ3) is 4.11. The van der Waals surface area contributed by atoms with Gasteiger partial charge >= 0.3 is 12.0 Å². The predicted molar refractivity (Wildman–Crippen MR) is 114 cm³/mol. The van der Waals surface area contributed by atoms with E-state index in [1.807, 2.05) is 6.92 Å². The topological polar surface area (TPSA) is 97.0 Å². The molecule has 32 heavy (non-hydrogen) atoms. The Balaban J connectivity index is 1.60. The number of amides is 3. The summed E-state index contributed by atoms with van der Waals surface area (Å²) in [5.74, 6) is -1.21. The molecule has 0 unspecified atom stereocenters. The molecule has 2 heterocycles.